The molecule has 0 aromatic heterocycles. The summed E-state index contributed by atoms with van der Waals surface area (Å²) in [6, 6.07) is 11.0. The van der Waals surface area contributed by atoms with Gasteiger partial charge in [-0.05, 0) is 0 Å². The van der Waals surface area contributed by atoms with Crippen LogP contribution in [0.5, 0.6) is 0 Å². The van der Waals surface area contributed by atoms with Gasteiger partial charge in [0, 0.05) is 0 Å². The van der Waals surface area contributed by atoms with Gasteiger partial charge < -0.3 is 0 Å². The minimum atomic E-state index is -1.76. The fraction of sp³-hybridized carbons (Fsp3) is 0.786. The summed E-state index contributed by atoms with van der Waals surface area (Å²) in [5.41, 5.74) is 1.49. The Hall–Kier alpha value is -0.390. The summed E-state index contributed by atoms with van der Waals surface area (Å²) < 4.78 is 0. The summed E-state index contributed by atoms with van der Waals surface area (Å²) in [7, 11) is 0. The van der Waals surface area contributed by atoms with E-state index in [-0.39, 0.29) is 0 Å². The molecular weight excluding hydrogens is 383 g/mol. The second-order valence-corrected chi connectivity index (χ2v) is 18.0. The van der Waals surface area contributed by atoms with E-state index in [1.807, 2.05) is 0 Å². The van der Waals surface area contributed by atoms with E-state index in [0.29, 0.717) is 6.61 Å². The van der Waals surface area contributed by atoms with Crippen LogP contribution in [0.25, 0.3) is 0 Å². The van der Waals surface area contributed by atoms with E-state index < -0.39 is 6.60 Å². The molecule has 1 N–H and O–H groups in total. The molecular formula is C28H53OP. The van der Waals surface area contributed by atoms with E-state index in [1.54, 1.807) is 0 Å². The van der Waals surface area contributed by atoms with Gasteiger partial charge in [0.25, 0.3) is 0 Å². The van der Waals surface area contributed by atoms with Crippen molar-refractivity contribution in [2.45, 2.75) is 109 Å². The Morgan fingerprint density at radius 2 is 1.03 bits per heavy atom. The molecule has 176 valence electrons. The molecule has 0 saturated carbocycles. The molecule has 0 radical (unpaired) electrons. The molecule has 1 rings (SSSR count). The van der Waals surface area contributed by atoms with Crippen molar-refractivity contribution in [3.8, 4) is 0 Å². The van der Waals surface area contributed by atoms with Crippen molar-refractivity contribution < 1.29 is 5.11 Å². The summed E-state index contributed by atoms with van der Waals surface area (Å²) in [5, 5.41) is 9.43. The first kappa shape index (κ1) is 27.6. The normalized spacial score (nSPS) is 13.3. The molecule has 1 aromatic carbocycles. The summed E-state index contributed by atoms with van der Waals surface area (Å²) in [5.74, 6) is 0. The Kier molecular flexibility index (Phi) is 15.0. The van der Waals surface area contributed by atoms with Crippen LogP contribution >= 0.6 is 6.60 Å². The molecule has 0 saturated heterocycles. The third kappa shape index (κ3) is 13.8. The average molecular weight is 437 g/mol. The number of aliphatic hydroxyl groups is 1. The van der Waals surface area contributed by atoms with Crippen molar-refractivity contribution in [2.24, 2.45) is 0 Å². The van der Waals surface area contributed by atoms with Crippen LogP contribution in [0.3, 0.4) is 0 Å². The molecule has 0 unspecified atom stereocenters. The van der Waals surface area contributed by atoms with Gasteiger partial charge in [0.1, 0.15) is 0 Å². The predicted octanol–water partition coefficient (Wildman–Crippen LogP) is 8.86. The van der Waals surface area contributed by atoms with E-state index in [0.717, 1.165) is 6.42 Å². The maximum atomic E-state index is 9.43. The van der Waals surface area contributed by atoms with Gasteiger partial charge in [0.2, 0.25) is 0 Å². The molecule has 1 aromatic rings. The van der Waals surface area contributed by atoms with Crippen LogP contribution in [-0.2, 0) is 6.16 Å². The summed E-state index contributed by atoms with van der Waals surface area (Å²) in [4.78, 5) is 0. The van der Waals surface area contributed by atoms with Crippen LogP contribution < -0.4 is 0 Å². The zero-order valence-electron chi connectivity index (χ0n) is 20.7. The van der Waals surface area contributed by atoms with Gasteiger partial charge in [-0.15, -0.1) is 0 Å². The topological polar surface area (TPSA) is 20.2 Å². The first-order valence-corrected chi connectivity index (χ1v) is 16.8. The number of benzene rings is 1. The Labute approximate surface area is 189 Å². The van der Waals surface area contributed by atoms with Crippen LogP contribution in [0.2, 0.25) is 0 Å². The van der Waals surface area contributed by atoms with Crippen LogP contribution in [0.1, 0.15) is 109 Å². The first-order chi connectivity index (χ1) is 14.5. The molecule has 0 aliphatic heterocycles. The second-order valence-electron chi connectivity index (χ2n) is 10.8. The fourth-order valence-electron chi connectivity index (χ4n) is 4.93. The molecule has 1 nitrogen and oxygen atoms in total. The van der Waals surface area contributed by atoms with Crippen molar-refractivity contribution in [2.75, 3.05) is 32.3 Å². The van der Waals surface area contributed by atoms with E-state index in [9.17, 15) is 5.11 Å². The van der Waals surface area contributed by atoms with Crippen molar-refractivity contribution in [3.05, 3.63) is 35.9 Å². The zero-order valence-corrected chi connectivity index (χ0v) is 21.6. The minimum absolute atomic E-state index is 0.340. The van der Waals surface area contributed by atoms with Gasteiger partial charge in [-0.3, -0.25) is 0 Å². The van der Waals surface area contributed by atoms with Gasteiger partial charge >= 0.3 is 163 Å². The molecule has 0 amide bonds. The first-order valence-electron chi connectivity index (χ1n) is 13.1. The van der Waals surface area contributed by atoms with E-state index in [4.69, 9.17) is 0 Å². The second kappa shape index (κ2) is 16.3. The third-order valence-corrected chi connectivity index (χ3v) is 12.1. The van der Waals surface area contributed by atoms with Crippen LogP contribution in [0, 0.1) is 0 Å². The van der Waals surface area contributed by atoms with Gasteiger partial charge in [-0.2, -0.15) is 0 Å². The Morgan fingerprint density at radius 1 is 0.600 bits per heavy atom. The van der Waals surface area contributed by atoms with E-state index in [1.165, 1.54) is 114 Å². The predicted molar refractivity (Wildman–Crippen MR) is 141 cm³/mol. The van der Waals surface area contributed by atoms with Crippen LogP contribution in [0.15, 0.2) is 30.3 Å². The Morgan fingerprint density at radius 3 is 1.50 bits per heavy atom. The Balaban J connectivity index is 2.14. The molecule has 0 aliphatic carbocycles. The average Bonchev–Trinajstić information content (AvgIpc) is 2.73. The SMILES string of the molecule is CCCCCCCCCCCCCCCCP(C)(C)(CCCO)Cc1ccccc1. The summed E-state index contributed by atoms with van der Waals surface area (Å²) in [6.07, 6.45) is 24.8. The van der Waals surface area contributed by atoms with Gasteiger partial charge in [0.05, 0.1) is 0 Å². The number of hydrogen-bond acceptors (Lipinski definition) is 1. The Bertz CT molecular complexity index is 511. The van der Waals surface area contributed by atoms with Crippen LogP contribution in [-0.4, -0.2) is 37.4 Å². The molecule has 0 aliphatic rings. The molecule has 2 heteroatoms. The van der Waals surface area contributed by atoms with Gasteiger partial charge in [0.15, 0.2) is 0 Å². The quantitative estimate of drug-likeness (QED) is 0.160. The molecule has 0 heterocycles. The van der Waals surface area contributed by atoms with Crippen molar-refractivity contribution in [1.29, 1.82) is 0 Å². The summed E-state index contributed by atoms with van der Waals surface area (Å²) >= 11 is 0. The zero-order chi connectivity index (χ0) is 22.0. The third-order valence-electron chi connectivity index (χ3n) is 6.92. The van der Waals surface area contributed by atoms with Gasteiger partial charge in [-0.25, -0.2) is 0 Å². The number of aliphatic hydroxyl groups excluding tert-OH is 1. The van der Waals surface area contributed by atoms with Gasteiger partial charge in [-0.1, -0.05) is 26.2 Å². The van der Waals surface area contributed by atoms with Crippen LogP contribution in [0.4, 0.5) is 0 Å². The fourth-order valence-corrected chi connectivity index (χ4v) is 9.46. The van der Waals surface area contributed by atoms with E-state index in [2.05, 4.69) is 50.6 Å². The van der Waals surface area contributed by atoms with E-state index >= 15 is 0 Å². The molecule has 0 bridgehead atoms. The maximum absolute atomic E-state index is 9.43. The number of rotatable bonds is 20. The number of hydrogen-bond donors (Lipinski definition) is 1. The number of unbranched alkanes of at least 4 members (excludes halogenated alkanes) is 13. The monoisotopic (exact) mass is 436 g/mol. The van der Waals surface area contributed by atoms with Crippen molar-refractivity contribution in [1.82, 2.24) is 0 Å². The molecule has 0 spiro atoms. The molecule has 0 atom stereocenters. The van der Waals surface area contributed by atoms with Crippen molar-refractivity contribution >= 4 is 6.60 Å². The standard InChI is InChI=1S/C28H53OP/c1-4-5-6-7-8-9-10-11-12-13-14-15-16-20-25-30(2,3,26-21-24-29)27-28-22-18-17-19-23-28/h17-19,22-23,29H,4-16,20-21,24-27H2,1-3H3. The molecule has 30 heavy (non-hydrogen) atoms. The summed E-state index contributed by atoms with van der Waals surface area (Å²) in [6.45, 7) is 6.04. The van der Waals surface area contributed by atoms with Crippen molar-refractivity contribution in [3.63, 3.8) is 0 Å². The molecule has 0 fully saturated rings.